The molecule has 1 aliphatic carbocycles. The molecule has 0 spiro atoms. The van der Waals surface area contributed by atoms with E-state index in [2.05, 4.69) is 6.92 Å². The third kappa shape index (κ3) is 2.51. The van der Waals surface area contributed by atoms with Crippen LogP contribution in [0.4, 0.5) is 0 Å². The monoisotopic (exact) mass is 261 g/mol. The molecule has 0 aromatic carbocycles. The van der Waals surface area contributed by atoms with E-state index >= 15 is 0 Å². The van der Waals surface area contributed by atoms with Crippen molar-refractivity contribution in [1.82, 2.24) is 0 Å². The van der Waals surface area contributed by atoms with Crippen LogP contribution in [0.3, 0.4) is 0 Å². The Balaban J connectivity index is 2.19. The van der Waals surface area contributed by atoms with E-state index in [1.54, 1.807) is 0 Å². The van der Waals surface area contributed by atoms with Crippen molar-refractivity contribution in [2.45, 2.75) is 56.6 Å². The number of hydrogen-bond donors (Lipinski definition) is 2. The second kappa shape index (κ2) is 4.21. The highest BCUT2D eigenvalue weighted by molar-refractivity contribution is 7.91. The van der Waals surface area contributed by atoms with Crippen LogP contribution in [-0.4, -0.2) is 36.2 Å². The van der Waals surface area contributed by atoms with Gasteiger partial charge in [0.05, 0.1) is 22.6 Å². The van der Waals surface area contributed by atoms with Gasteiger partial charge in [0.2, 0.25) is 0 Å². The van der Waals surface area contributed by atoms with Gasteiger partial charge in [0.1, 0.15) is 0 Å². The molecular formula is C12H23NO3S. The molecule has 2 aliphatic rings. The highest BCUT2D eigenvalue weighted by Gasteiger charge is 2.52. The Morgan fingerprint density at radius 3 is 2.35 bits per heavy atom. The smallest absolute Gasteiger partial charge is 0.152 e. The Hall–Kier alpha value is -0.130. The van der Waals surface area contributed by atoms with Gasteiger partial charge in [-0.1, -0.05) is 6.92 Å². The molecule has 100 valence electrons. The van der Waals surface area contributed by atoms with E-state index in [0.717, 1.165) is 12.8 Å². The molecule has 2 rings (SSSR count). The Morgan fingerprint density at radius 2 is 1.82 bits per heavy atom. The molecule has 0 radical (unpaired) electrons. The molecular weight excluding hydrogens is 238 g/mol. The molecule has 1 saturated heterocycles. The van der Waals surface area contributed by atoms with Crippen molar-refractivity contribution < 1.29 is 13.5 Å². The van der Waals surface area contributed by atoms with Crippen LogP contribution >= 0.6 is 0 Å². The Kier molecular flexibility index (Phi) is 3.30. The Bertz CT molecular complexity index is 385. The second-order valence-electron chi connectivity index (χ2n) is 6.07. The minimum atomic E-state index is -3.08. The van der Waals surface area contributed by atoms with E-state index in [-0.39, 0.29) is 11.5 Å². The van der Waals surface area contributed by atoms with Gasteiger partial charge in [-0.2, -0.15) is 0 Å². The minimum absolute atomic E-state index is 0.0507. The first-order chi connectivity index (χ1) is 7.77. The highest BCUT2D eigenvalue weighted by atomic mass is 32.2. The van der Waals surface area contributed by atoms with E-state index in [1.165, 1.54) is 0 Å². The van der Waals surface area contributed by atoms with E-state index in [9.17, 15) is 13.5 Å². The summed E-state index contributed by atoms with van der Waals surface area (Å²) in [6, 6.07) is 0. The maximum Gasteiger partial charge on any atom is 0.152 e. The molecule has 1 heterocycles. The molecule has 0 amide bonds. The molecule has 1 saturated carbocycles. The number of sulfone groups is 1. The fraction of sp³-hybridized carbons (Fsp3) is 1.00. The van der Waals surface area contributed by atoms with Crippen molar-refractivity contribution in [1.29, 1.82) is 0 Å². The van der Waals surface area contributed by atoms with Gasteiger partial charge in [0, 0.05) is 0 Å². The van der Waals surface area contributed by atoms with Gasteiger partial charge < -0.3 is 10.8 Å². The van der Waals surface area contributed by atoms with Gasteiger partial charge in [0.25, 0.3) is 0 Å². The topological polar surface area (TPSA) is 80.4 Å². The summed E-state index contributed by atoms with van der Waals surface area (Å²) in [6.45, 7) is 2.17. The van der Waals surface area contributed by atoms with Crippen molar-refractivity contribution in [3.8, 4) is 0 Å². The summed E-state index contributed by atoms with van der Waals surface area (Å²) >= 11 is 0. The van der Waals surface area contributed by atoms with Gasteiger partial charge >= 0.3 is 0 Å². The zero-order valence-corrected chi connectivity index (χ0v) is 11.3. The normalized spacial score (nSPS) is 46.6. The molecule has 3 N–H and O–H groups in total. The van der Waals surface area contributed by atoms with Crippen LogP contribution < -0.4 is 5.73 Å². The summed E-state index contributed by atoms with van der Waals surface area (Å²) in [6.07, 6.45) is 4.36. The largest absolute Gasteiger partial charge is 0.388 e. The number of aliphatic hydroxyl groups is 1. The summed E-state index contributed by atoms with van der Waals surface area (Å²) in [5.74, 6) is 0.780. The fourth-order valence-corrected chi connectivity index (χ4v) is 5.18. The van der Waals surface area contributed by atoms with E-state index in [4.69, 9.17) is 5.73 Å². The predicted octanol–water partition coefficient (Wildman–Crippen LogP) is 0.834. The average molecular weight is 261 g/mol. The lowest BCUT2D eigenvalue weighted by Crippen LogP contribution is -2.66. The van der Waals surface area contributed by atoms with Crippen LogP contribution in [-0.2, 0) is 9.84 Å². The molecule has 1 aliphatic heterocycles. The molecule has 1 atom stereocenters. The van der Waals surface area contributed by atoms with E-state index in [1.807, 2.05) is 0 Å². The predicted molar refractivity (Wildman–Crippen MR) is 67.4 cm³/mol. The molecule has 1 unspecified atom stereocenters. The zero-order chi connectivity index (χ0) is 12.7. The van der Waals surface area contributed by atoms with Gasteiger partial charge in [-0.05, 0) is 44.4 Å². The average Bonchev–Trinajstić information content (AvgIpc) is 2.20. The summed E-state index contributed by atoms with van der Waals surface area (Å²) < 4.78 is 23.4. The first kappa shape index (κ1) is 13.3. The molecule has 4 nitrogen and oxygen atoms in total. The second-order valence-corrected chi connectivity index (χ2v) is 8.25. The van der Waals surface area contributed by atoms with Gasteiger partial charge in [-0.3, -0.25) is 0 Å². The molecule has 2 fully saturated rings. The Labute approximate surface area is 104 Å². The zero-order valence-electron chi connectivity index (χ0n) is 10.5. The van der Waals surface area contributed by atoms with Crippen LogP contribution in [0.1, 0.15) is 45.4 Å². The summed E-state index contributed by atoms with van der Waals surface area (Å²) in [5.41, 5.74) is 4.35. The lowest BCUT2D eigenvalue weighted by molar-refractivity contribution is -0.0688. The number of rotatable bonds is 1. The van der Waals surface area contributed by atoms with Crippen LogP contribution in [0, 0.1) is 5.92 Å². The maximum atomic E-state index is 11.7. The quantitative estimate of drug-likeness (QED) is 0.733. The highest BCUT2D eigenvalue weighted by Crippen LogP contribution is 2.42. The first-order valence-electron chi connectivity index (χ1n) is 6.48. The Morgan fingerprint density at radius 1 is 1.24 bits per heavy atom. The van der Waals surface area contributed by atoms with E-state index in [0.29, 0.717) is 31.6 Å². The minimum Gasteiger partial charge on any atom is -0.388 e. The van der Waals surface area contributed by atoms with Crippen molar-refractivity contribution in [2.75, 3.05) is 11.5 Å². The van der Waals surface area contributed by atoms with Crippen LogP contribution in [0.15, 0.2) is 0 Å². The fourth-order valence-electron chi connectivity index (χ4n) is 3.25. The van der Waals surface area contributed by atoms with Crippen molar-refractivity contribution in [3.63, 3.8) is 0 Å². The lowest BCUT2D eigenvalue weighted by atomic mass is 9.68. The van der Waals surface area contributed by atoms with Crippen LogP contribution in [0.5, 0.6) is 0 Å². The number of nitrogens with two attached hydrogens (primary N) is 1. The molecule has 0 aromatic heterocycles. The maximum absolute atomic E-state index is 11.7. The van der Waals surface area contributed by atoms with Gasteiger partial charge in [0.15, 0.2) is 9.84 Å². The van der Waals surface area contributed by atoms with Crippen molar-refractivity contribution >= 4 is 9.84 Å². The standard InChI is InChI=1S/C12H23NO3S/c1-10-3-6-12(14,7-4-10)11(13)5-2-8-17(15,16)9-11/h10,14H,2-9,13H2,1H3. The first-order valence-corrected chi connectivity index (χ1v) is 8.30. The van der Waals surface area contributed by atoms with Gasteiger partial charge in [-0.25, -0.2) is 8.42 Å². The third-order valence-electron chi connectivity index (χ3n) is 4.58. The van der Waals surface area contributed by atoms with E-state index < -0.39 is 21.0 Å². The number of hydrogen-bond acceptors (Lipinski definition) is 4. The lowest BCUT2D eigenvalue weighted by Gasteiger charge is -2.49. The SMILES string of the molecule is CC1CCC(O)(C2(N)CCCS(=O)(=O)C2)CC1. The molecule has 17 heavy (non-hydrogen) atoms. The molecule has 0 aromatic rings. The summed E-state index contributed by atoms with van der Waals surface area (Å²) in [7, 11) is -3.08. The van der Waals surface area contributed by atoms with Crippen LogP contribution in [0.2, 0.25) is 0 Å². The molecule has 5 heteroatoms. The van der Waals surface area contributed by atoms with Crippen molar-refractivity contribution in [2.24, 2.45) is 11.7 Å². The third-order valence-corrected chi connectivity index (χ3v) is 6.45. The van der Waals surface area contributed by atoms with Gasteiger partial charge in [-0.15, -0.1) is 0 Å². The molecule has 0 bridgehead atoms. The summed E-state index contributed by atoms with van der Waals surface area (Å²) in [4.78, 5) is 0. The van der Waals surface area contributed by atoms with Crippen LogP contribution in [0.25, 0.3) is 0 Å². The summed E-state index contributed by atoms with van der Waals surface area (Å²) in [5, 5.41) is 10.7. The van der Waals surface area contributed by atoms with Crippen molar-refractivity contribution in [3.05, 3.63) is 0 Å².